The van der Waals surface area contributed by atoms with Crippen molar-refractivity contribution in [2.45, 2.75) is 13.3 Å². The Bertz CT molecular complexity index is 339. The van der Waals surface area contributed by atoms with Crippen LogP contribution in [0.1, 0.15) is 28.0 Å². The van der Waals surface area contributed by atoms with Gasteiger partial charge in [0.15, 0.2) is 5.69 Å². The topological polar surface area (TPSA) is 50.2 Å². The molecule has 0 fully saturated rings. The van der Waals surface area contributed by atoms with Crippen molar-refractivity contribution >= 4 is 5.97 Å². The van der Waals surface area contributed by atoms with Crippen LogP contribution in [0.25, 0.3) is 0 Å². The molecular weight excluding hydrogens is 180 g/mol. The second-order valence-electron chi connectivity index (χ2n) is 2.56. The number of hydrogen-bond donors (Lipinski definition) is 1. The van der Waals surface area contributed by atoms with Gasteiger partial charge >= 0.3 is 5.97 Å². The van der Waals surface area contributed by atoms with E-state index in [2.05, 4.69) is 4.98 Å². The van der Waals surface area contributed by atoms with Gasteiger partial charge in [-0.15, -0.1) is 0 Å². The van der Waals surface area contributed by atoms with Crippen molar-refractivity contribution < 1.29 is 18.7 Å². The Morgan fingerprint density at radius 3 is 2.69 bits per heavy atom. The zero-order valence-corrected chi connectivity index (χ0v) is 6.79. The first kappa shape index (κ1) is 9.57. The summed E-state index contributed by atoms with van der Waals surface area (Å²) >= 11 is 0. The smallest absolute Gasteiger partial charge is 0.354 e. The number of pyridine rings is 1. The van der Waals surface area contributed by atoms with E-state index in [4.69, 9.17) is 5.11 Å². The van der Waals surface area contributed by atoms with Crippen LogP contribution in [0.4, 0.5) is 8.78 Å². The summed E-state index contributed by atoms with van der Waals surface area (Å²) < 4.78 is 24.5. The zero-order valence-electron chi connectivity index (χ0n) is 6.79. The molecule has 0 unspecified atom stereocenters. The van der Waals surface area contributed by atoms with E-state index < -0.39 is 23.7 Å². The Hall–Kier alpha value is -1.52. The Balaban J connectivity index is 3.26. The monoisotopic (exact) mass is 187 g/mol. The normalized spacial score (nSPS) is 10.5. The molecule has 0 atom stereocenters. The number of nitrogens with zero attached hydrogens (tertiary/aromatic N) is 1. The van der Waals surface area contributed by atoms with Gasteiger partial charge in [-0.25, -0.2) is 18.6 Å². The van der Waals surface area contributed by atoms with Crippen LogP contribution in [-0.2, 0) is 0 Å². The molecule has 5 heteroatoms. The van der Waals surface area contributed by atoms with Gasteiger partial charge in [0.1, 0.15) is 0 Å². The van der Waals surface area contributed by atoms with E-state index in [1.54, 1.807) is 6.92 Å². The molecule has 1 heterocycles. The highest BCUT2D eigenvalue weighted by molar-refractivity contribution is 5.87. The Labute approximate surface area is 73.0 Å². The maximum atomic E-state index is 12.3. The summed E-state index contributed by atoms with van der Waals surface area (Å²) in [4.78, 5) is 13.9. The van der Waals surface area contributed by atoms with Gasteiger partial charge in [0.2, 0.25) is 0 Å². The lowest BCUT2D eigenvalue weighted by molar-refractivity contribution is 0.0677. The molecule has 0 saturated heterocycles. The van der Waals surface area contributed by atoms with Crippen LogP contribution in [0.5, 0.6) is 0 Å². The first-order valence-electron chi connectivity index (χ1n) is 3.50. The van der Waals surface area contributed by atoms with Crippen LogP contribution < -0.4 is 0 Å². The van der Waals surface area contributed by atoms with Gasteiger partial charge in [0.05, 0.1) is 5.56 Å². The standard InChI is InChI=1S/C8H7F2NO2/c1-4-2-5(7(9)10)6(8(12)13)11-3-4/h2-3,7H,1H3,(H,12,13). The van der Waals surface area contributed by atoms with Crippen molar-refractivity contribution in [1.29, 1.82) is 0 Å². The van der Waals surface area contributed by atoms with Crippen LogP contribution in [0, 0.1) is 6.92 Å². The molecular formula is C8H7F2NO2. The highest BCUT2D eigenvalue weighted by Gasteiger charge is 2.18. The summed E-state index contributed by atoms with van der Waals surface area (Å²) in [6.07, 6.45) is -1.56. The first-order valence-corrected chi connectivity index (χ1v) is 3.50. The number of aryl methyl sites for hydroxylation is 1. The average Bonchev–Trinajstić information content (AvgIpc) is 2.03. The number of rotatable bonds is 2. The molecule has 0 aromatic carbocycles. The van der Waals surface area contributed by atoms with E-state index in [0.29, 0.717) is 5.56 Å². The molecule has 1 N–H and O–H groups in total. The van der Waals surface area contributed by atoms with Gasteiger partial charge in [-0.05, 0) is 18.6 Å². The highest BCUT2D eigenvalue weighted by Crippen LogP contribution is 2.22. The molecule has 3 nitrogen and oxygen atoms in total. The Kier molecular flexibility index (Phi) is 2.55. The molecule has 0 aliphatic heterocycles. The predicted molar refractivity (Wildman–Crippen MR) is 40.9 cm³/mol. The lowest BCUT2D eigenvalue weighted by atomic mass is 10.1. The van der Waals surface area contributed by atoms with Crippen LogP contribution in [0.15, 0.2) is 12.3 Å². The number of carbonyl (C=O) groups is 1. The lowest BCUT2D eigenvalue weighted by Crippen LogP contribution is -2.06. The van der Waals surface area contributed by atoms with Gasteiger partial charge in [-0.2, -0.15) is 0 Å². The molecule has 0 radical (unpaired) electrons. The van der Waals surface area contributed by atoms with E-state index in [1.807, 2.05) is 0 Å². The molecule has 13 heavy (non-hydrogen) atoms. The van der Waals surface area contributed by atoms with Crippen LogP contribution >= 0.6 is 0 Å². The lowest BCUT2D eigenvalue weighted by Gasteiger charge is -2.04. The third kappa shape index (κ3) is 1.99. The fourth-order valence-corrected chi connectivity index (χ4v) is 0.937. The summed E-state index contributed by atoms with van der Waals surface area (Å²) in [5, 5.41) is 8.51. The first-order chi connectivity index (χ1) is 6.02. The number of aromatic nitrogens is 1. The second-order valence-corrected chi connectivity index (χ2v) is 2.56. The SMILES string of the molecule is Cc1cnc(C(=O)O)c(C(F)F)c1. The van der Waals surface area contributed by atoms with Gasteiger partial charge < -0.3 is 5.11 Å². The summed E-state index contributed by atoms with van der Waals surface area (Å²) in [6.45, 7) is 1.57. The van der Waals surface area contributed by atoms with Crippen LogP contribution in [-0.4, -0.2) is 16.1 Å². The van der Waals surface area contributed by atoms with Crippen LogP contribution in [0.2, 0.25) is 0 Å². The minimum Gasteiger partial charge on any atom is -0.476 e. The molecule has 1 aromatic heterocycles. The van der Waals surface area contributed by atoms with Gasteiger partial charge in [-0.1, -0.05) is 0 Å². The molecule has 0 saturated carbocycles. The van der Waals surface area contributed by atoms with Crippen LogP contribution in [0.3, 0.4) is 0 Å². The number of carboxylic acid groups (broad SMARTS) is 1. The molecule has 70 valence electrons. The number of hydrogen-bond acceptors (Lipinski definition) is 2. The predicted octanol–water partition coefficient (Wildman–Crippen LogP) is 2.03. The summed E-state index contributed by atoms with van der Waals surface area (Å²) in [7, 11) is 0. The number of aromatic carboxylic acids is 1. The minimum atomic E-state index is -2.81. The van der Waals surface area contributed by atoms with Crippen molar-refractivity contribution in [2.75, 3.05) is 0 Å². The maximum absolute atomic E-state index is 12.3. The van der Waals surface area contributed by atoms with Gasteiger partial charge in [-0.3, -0.25) is 0 Å². The molecule has 0 bridgehead atoms. The maximum Gasteiger partial charge on any atom is 0.354 e. The van der Waals surface area contributed by atoms with E-state index in [-0.39, 0.29) is 0 Å². The average molecular weight is 187 g/mol. The molecule has 0 aliphatic carbocycles. The molecule has 1 rings (SSSR count). The zero-order chi connectivity index (χ0) is 10.0. The van der Waals surface area contributed by atoms with Gasteiger partial charge in [0.25, 0.3) is 6.43 Å². The van der Waals surface area contributed by atoms with Gasteiger partial charge in [0, 0.05) is 6.20 Å². The Morgan fingerprint density at radius 2 is 2.23 bits per heavy atom. The summed E-state index contributed by atoms with van der Waals surface area (Å²) in [5.74, 6) is -1.43. The third-order valence-corrected chi connectivity index (χ3v) is 1.49. The summed E-state index contributed by atoms with van der Waals surface area (Å²) in [6, 6.07) is 1.13. The number of alkyl halides is 2. The Morgan fingerprint density at radius 1 is 1.62 bits per heavy atom. The number of halogens is 2. The largest absolute Gasteiger partial charge is 0.476 e. The molecule has 1 aromatic rings. The molecule has 0 aliphatic rings. The van der Waals surface area contributed by atoms with E-state index in [1.165, 1.54) is 6.20 Å². The van der Waals surface area contributed by atoms with E-state index in [9.17, 15) is 13.6 Å². The fourth-order valence-electron chi connectivity index (χ4n) is 0.937. The number of carboxylic acids is 1. The third-order valence-electron chi connectivity index (χ3n) is 1.49. The van der Waals surface area contributed by atoms with Crippen molar-refractivity contribution in [3.05, 3.63) is 29.1 Å². The molecule has 0 amide bonds. The highest BCUT2D eigenvalue weighted by atomic mass is 19.3. The quantitative estimate of drug-likeness (QED) is 0.770. The fraction of sp³-hybridized carbons (Fsp3) is 0.250. The van der Waals surface area contributed by atoms with E-state index >= 15 is 0 Å². The van der Waals surface area contributed by atoms with E-state index in [0.717, 1.165) is 6.07 Å². The van der Waals surface area contributed by atoms with Crippen molar-refractivity contribution in [1.82, 2.24) is 4.98 Å². The molecule has 0 spiro atoms. The van der Waals surface area contributed by atoms with Crippen molar-refractivity contribution in [3.63, 3.8) is 0 Å². The van der Waals surface area contributed by atoms with Crippen molar-refractivity contribution in [2.24, 2.45) is 0 Å². The van der Waals surface area contributed by atoms with Crippen molar-refractivity contribution in [3.8, 4) is 0 Å². The minimum absolute atomic E-state index is 0.514. The second kappa shape index (κ2) is 3.47. The summed E-state index contributed by atoms with van der Waals surface area (Å²) in [5.41, 5.74) is -0.603.